The minimum absolute atomic E-state index is 0.00578. The monoisotopic (exact) mass is 336 g/mol. The Morgan fingerprint density at radius 2 is 1.87 bits per heavy atom. The number of nitrogens with one attached hydrogen (secondary N) is 1. The van der Waals surface area contributed by atoms with Crippen LogP contribution in [0.2, 0.25) is 0 Å². The van der Waals surface area contributed by atoms with Crippen molar-refractivity contribution in [3.8, 4) is 0 Å². The first kappa shape index (κ1) is 17.2. The largest absolute Gasteiger partial charge is 0.459 e. The first-order valence-corrected chi connectivity index (χ1v) is 8.75. The second kappa shape index (κ2) is 6.55. The summed E-state index contributed by atoms with van der Waals surface area (Å²) in [6.07, 6.45) is 1.30. The summed E-state index contributed by atoms with van der Waals surface area (Å²) >= 11 is 0. The number of amides is 1. The van der Waals surface area contributed by atoms with Crippen LogP contribution in [0.4, 0.5) is 0 Å². The van der Waals surface area contributed by atoms with Crippen molar-refractivity contribution in [3.63, 3.8) is 0 Å². The molecule has 1 aromatic heterocycles. The van der Waals surface area contributed by atoms with Crippen LogP contribution < -0.4 is 11.1 Å². The van der Waals surface area contributed by atoms with Crippen LogP contribution in [0.5, 0.6) is 0 Å². The normalized spacial score (nSPS) is 12.1. The number of rotatable bonds is 6. The minimum atomic E-state index is -3.55. The summed E-state index contributed by atoms with van der Waals surface area (Å²) in [5.74, 6) is -0.789. The summed E-state index contributed by atoms with van der Waals surface area (Å²) in [5, 5.41) is 2.64. The average molecular weight is 336 g/mol. The highest BCUT2D eigenvalue weighted by Crippen LogP contribution is 2.19. The molecule has 23 heavy (non-hydrogen) atoms. The van der Waals surface area contributed by atoms with Gasteiger partial charge < -0.3 is 15.5 Å². The van der Waals surface area contributed by atoms with Gasteiger partial charge in [0.25, 0.3) is 5.91 Å². The lowest BCUT2D eigenvalue weighted by molar-refractivity contribution is 0.0917. The highest BCUT2D eigenvalue weighted by Gasteiger charge is 2.23. The topological polar surface area (TPSA) is 102 Å². The number of carbonyl (C=O) groups is 1. The van der Waals surface area contributed by atoms with Crippen LogP contribution in [0.3, 0.4) is 0 Å². The van der Waals surface area contributed by atoms with E-state index < -0.39 is 21.3 Å². The molecule has 0 radical (unpaired) electrons. The maximum absolute atomic E-state index is 12.4. The van der Waals surface area contributed by atoms with Crippen molar-refractivity contribution in [1.82, 2.24) is 5.32 Å². The van der Waals surface area contributed by atoms with Crippen LogP contribution in [0, 0.1) is 0 Å². The van der Waals surface area contributed by atoms with Gasteiger partial charge in [0.2, 0.25) is 0 Å². The van der Waals surface area contributed by atoms with Crippen LogP contribution in [-0.2, 0) is 15.6 Å². The molecular formula is C16H20N2O4S. The van der Waals surface area contributed by atoms with Crippen LogP contribution in [0.1, 0.15) is 30.0 Å². The summed E-state index contributed by atoms with van der Waals surface area (Å²) in [6.45, 7) is 3.80. The molecule has 0 spiro atoms. The molecule has 2 aromatic rings. The van der Waals surface area contributed by atoms with E-state index in [1.165, 1.54) is 24.5 Å². The van der Waals surface area contributed by atoms with Gasteiger partial charge in [-0.3, -0.25) is 4.79 Å². The first-order chi connectivity index (χ1) is 10.7. The van der Waals surface area contributed by atoms with Crippen molar-refractivity contribution in [2.24, 2.45) is 5.73 Å². The van der Waals surface area contributed by atoms with Gasteiger partial charge >= 0.3 is 0 Å². The lowest BCUT2D eigenvalue weighted by Gasteiger charge is -2.18. The maximum atomic E-state index is 12.4. The Balaban J connectivity index is 2.17. The SMILES string of the molecule is CC(C)(N)CNC(=O)c1occc1CS(=O)(=O)c1ccccc1. The fourth-order valence-electron chi connectivity index (χ4n) is 1.95. The zero-order valence-electron chi connectivity index (χ0n) is 13.1. The van der Waals surface area contributed by atoms with Gasteiger partial charge in [-0.25, -0.2) is 8.42 Å². The Morgan fingerprint density at radius 3 is 2.48 bits per heavy atom. The van der Waals surface area contributed by atoms with Crippen LogP contribution in [0.25, 0.3) is 0 Å². The third kappa shape index (κ3) is 4.67. The van der Waals surface area contributed by atoms with Crippen molar-refractivity contribution in [2.45, 2.75) is 30.0 Å². The molecule has 1 aromatic carbocycles. The second-order valence-corrected chi connectivity index (χ2v) is 8.01. The molecule has 2 rings (SSSR count). The van der Waals surface area contributed by atoms with Crippen LogP contribution in [-0.4, -0.2) is 26.4 Å². The molecule has 124 valence electrons. The molecule has 1 heterocycles. The lowest BCUT2D eigenvalue weighted by atomic mass is 10.1. The Hall–Kier alpha value is -2.12. The molecule has 0 bridgehead atoms. The van der Waals surface area contributed by atoms with Gasteiger partial charge in [0.1, 0.15) is 0 Å². The Morgan fingerprint density at radius 1 is 1.22 bits per heavy atom. The Bertz CT molecular complexity index is 774. The number of sulfone groups is 1. The number of hydrogen-bond acceptors (Lipinski definition) is 5. The van der Waals surface area contributed by atoms with E-state index in [2.05, 4.69) is 5.32 Å². The molecule has 6 nitrogen and oxygen atoms in total. The second-order valence-electron chi connectivity index (χ2n) is 6.02. The van der Waals surface area contributed by atoms with E-state index in [4.69, 9.17) is 10.2 Å². The van der Waals surface area contributed by atoms with Gasteiger partial charge in [0, 0.05) is 17.6 Å². The van der Waals surface area contributed by atoms with Gasteiger partial charge in [-0.05, 0) is 32.0 Å². The number of nitrogens with two attached hydrogens (primary N) is 1. The van der Waals surface area contributed by atoms with E-state index in [0.717, 1.165) is 0 Å². The molecule has 0 aliphatic rings. The van der Waals surface area contributed by atoms with E-state index in [-0.39, 0.29) is 23.0 Å². The quantitative estimate of drug-likeness (QED) is 0.836. The number of benzene rings is 1. The predicted molar refractivity (Wildman–Crippen MR) is 86.6 cm³/mol. The summed E-state index contributed by atoms with van der Waals surface area (Å²) in [5.41, 5.74) is 5.56. The third-order valence-corrected chi connectivity index (χ3v) is 4.79. The van der Waals surface area contributed by atoms with Gasteiger partial charge in [0.05, 0.1) is 16.9 Å². The molecule has 3 N–H and O–H groups in total. The highest BCUT2D eigenvalue weighted by molar-refractivity contribution is 7.90. The zero-order chi connectivity index (χ0) is 17.1. The van der Waals surface area contributed by atoms with Crippen molar-refractivity contribution < 1.29 is 17.6 Å². The summed E-state index contributed by atoms with van der Waals surface area (Å²) in [6, 6.07) is 9.57. The third-order valence-electron chi connectivity index (χ3n) is 3.11. The summed E-state index contributed by atoms with van der Waals surface area (Å²) in [4.78, 5) is 12.3. The Labute approximate surface area is 135 Å². The first-order valence-electron chi connectivity index (χ1n) is 7.10. The summed E-state index contributed by atoms with van der Waals surface area (Å²) in [7, 11) is -3.55. The number of hydrogen-bond donors (Lipinski definition) is 2. The van der Waals surface area contributed by atoms with E-state index in [1.807, 2.05) is 0 Å². The van der Waals surface area contributed by atoms with E-state index in [9.17, 15) is 13.2 Å². The summed E-state index contributed by atoms with van der Waals surface area (Å²) < 4.78 is 30.0. The standard InChI is InChI=1S/C16H20N2O4S/c1-16(2,17)11-18-15(19)14-12(8-9-22-14)10-23(20,21)13-6-4-3-5-7-13/h3-9H,10-11,17H2,1-2H3,(H,18,19). The molecule has 1 amide bonds. The zero-order valence-corrected chi connectivity index (χ0v) is 13.9. The molecule has 0 aliphatic heterocycles. The molecular weight excluding hydrogens is 316 g/mol. The van der Waals surface area contributed by atoms with Gasteiger partial charge in [0.15, 0.2) is 15.6 Å². The van der Waals surface area contributed by atoms with E-state index in [0.29, 0.717) is 5.56 Å². The maximum Gasteiger partial charge on any atom is 0.287 e. The lowest BCUT2D eigenvalue weighted by Crippen LogP contribution is -2.45. The molecule has 0 saturated heterocycles. The molecule has 7 heteroatoms. The molecule has 0 fully saturated rings. The molecule has 0 atom stereocenters. The number of furan rings is 1. The smallest absolute Gasteiger partial charge is 0.287 e. The van der Waals surface area contributed by atoms with Crippen molar-refractivity contribution in [1.29, 1.82) is 0 Å². The van der Waals surface area contributed by atoms with Crippen molar-refractivity contribution in [3.05, 3.63) is 54.0 Å². The average Bonchev–Trinajstić information content (AvgIpc) is 2.92. The van der Waals surface area contributed by atoms with Crippen molar-refractivity contribution in [2.75, 3.05) is 6.54 Å². The molecule has 0 saturated carbocycles. The molecule has 0 aliphatic carbocycles. The van der Waals surface area contributed by atoms with Gasteiger partial charge in [-0.15, -0.1) is 0 Å². The predicted octanol–water partition coefficient (Wildman–Crippen LogP) is 1.72. The number of carbonyl (C=O) groups excluding carboxylic acids is 1. The molecule has 0 unspecified atom stereocenters. The van der Waals surface area contributed by atoms with E-state index >= 15 is 0 Å². The van der Waals surface area contributed by atoms with Gasteiger partial charge in [-0.2, -0.15) is 0 Å². The van der Waals surface area contributed by atoms with Crippen LogP contribution >= 0.6 is 0 Å². The fourth-order valence-corrected chi connectivity index (χ4v) is 3.33. The minimum Gasteiger partial charge on any atom is -0.459 e. The van der Waals surface area contributed by atoms with Crippen LogP contribution in [0.15, 0.2) is 52.0 Å². The highest BCUT2D eigenvalue weighted by atomic mass is 32.2. The van der Waals surface area contributed by atoms with Crippen molar-refractivity contribution >= 4 is 15.7 Å². The van der Waals surface area contributed by atoms with Gasteiger partial charge in [-0.1, -0.05) is 18.2 Å². The van der Waals surface area contributed by atoms with E-state index in [1.54, 1.807) is 32.0 Å². The Kier molecular flexibility index (Phi) is 4.91. The fraction of sp³-hybridized carbons (Fsp3) is 0.312.